The molecule has 1 N–H and O–H groups in total. The topological polar surface area (TPSA) is 114 Å². The summed E-state index contributed by atoms with van der Waals surface area (Å²) in [5, 5.41) is 12.5. The quantitative estimate of drug-likeness (QED) is 0.567. The van der Waals surface area contributed by atoms with Crippen LogP contribution < -0.4 is 10.2 Å². The number of amidine groups is 1. The van der Waals surface area contributed by atoms with Crippen molar-refractivity contribution in [2.45, 2.75) is 0 Å². The van der Waals surface area contributed by atoms with Crippen molar-refractivity contribution in [2.24, 2.45) is 4.99 Å². The van der Waals surface area contributed by atoms with E-state index in [4.69, 9.17) is 16.3 Å². The summed E-state index contributed by atoms with van der Waals surface area (Å²) in [5.41, 5.74) is 2.90. The Balaban J connectivity index is 1.61. The van der Waals surface area contributed by atoms with E-state index >= 15 is 0 Å². The average molecular weight is 421 g/mol. The van der Waals surface area contributed by atoms with Gasteiger partial charge in [0.1, 0.15) is 5.75 Å². The van der Waals surface area contributed by atoms with Gasteiger partial charge < -0.3 is 4.74 Å². The fraction of sp³-hybridized carbons (Fsp3) is 0.118. The molecule has 1 heterocycles. The Labute approximate surface area is 168 Å². The van der Waals surface area contributed by atoms with Crippen LogP contribution in [0.5, 0.6) is 5.75 Å². The van der Waals surface area contributed by atoms with Crippen molar-refractivity contribution < 1.29 is 19.2 Å². The number of hydrogen-bond acceptors (Lipinski definition) is 7. The maximum Gasteiger partial charge on any atom is 0.276 e. The van der Waals surface area contributed by atoms with E-state index in [1.54, 1.807) is 24.3 Å². The van der Waals surface area contributed by atoms with Crippen molar-refractivity contribution in [3.63, 3.8) is 0 Å². The first kappa shape index (κ1) is 19.6. The van der Waals surface area contributed by atoms with Crippen LogP contribution in [0.3, 0.4) is 0 Å². The van der Waals surface area contributed by atoms with Gasteiger partial charge in [0, 0.05) is 17.2 Å². The molecule has 1 saturated heterocycles. The number of halogens is 1. The molecule has 9 nitrogen and oxygen atoms in total. The van der Waals surface area contributed by atoms with Gasteiger partial charge in [-0.15, -0.1) is 0 Å². The third-order valence-electron chi connectivity index (χ3n) is 3.45. The number of benzene rings is 2. The Morgan fingerprint density at radius 1 is 1.32 bits per heavy atom. The number of aliphatic imine (C=N–C) groups is 1. The molecule has 3 rings (SSSR count). The zero-order valence-electron chi connectivity index (χ0n) is 14.2. The number of nitro benzene ring substituents is 1. The number of rotatable bonds is 6. The van der Waals surface area contributed by atoms with Crippen molar-refractivity contribution in [1.29, 1.82) is 0 Å². The maximum absolute atomic E-state index is 12.1. The average Bonchev–Trinajstić information content (AvgIpc) is 3.00. The zero-order chi connectivity index (χ0) is 20.1. The Morgan fingerprint density at radius 2 is 2.07 bits per heavy atom. The third-order valence-corrected chi connectivity index (χ3v) is 4.61. The van der Waals surface area contributed by atoms with E-state index in [9.17, 15) is 19.7 Å². The predicted octanol–water partition coefficient (Wildman–Crippen LogP) is 2.92. The highest BCUT2D eigenvalue weighted by atomic mass is 35.5. The van der Waals surface area contributed by atoms with Gasteiger partial charge in [0.2, 0.25) is 0 Å². The molecule has 0 spiro atoms. The monoisotopic (exact) mass is 420 g/mol. The van der Waals surface area contributed by atoms with Crippen molar-refractivity contribution in [3.05, 3.63) is 63.7 Å². The van der Waals surface area contributed by atoms with Gasteiger partial charge in [-0.3, -0.25) is 25.1 Å². The molecule has 0 radical (unpaired) electrons. The van der Waals surface area contributed by atoms with Crippen molar-refractivity contribution in [1.82, 2.24) is 10.4 Å². The molecule has 0 atom stereocenters. The van der Waals surface area contributed by atoms with Gasteiger partial charge >= 0.3 is 0 Å². The van der Waals surface area contributed by atoms with Gasteiger partial charge in [-0.1, -0.05) is 29.4 Å². The maximum atomic E-state index is 12.1. The number of thioether (sulfide) groups is 1. The van der Waals surface area contributed by atoms with Crippen LogP contribution in [0.15, 0.2) is 53.5 Å². The molecule has 11 heteroatoms. The van der Waals surface area contributed by atoms with Gasteiger partial charge in [0.25, 0.3) is 17.5 Å². The molecule has 2 amide bonds. The number of non-ortho nitro benzene ring substituents is 1. The molecule has 1 fully saturated rings. The molecule has 0 bridgehead atoms. The minimum atomic E-state index is -0.576. The Bertz CT molecular complexity index is 951. The molecule has 1 aliphatic rings. The lowest BCUT2D eigenvalue weighted by atomic mass is 10.3. The summed E-state index contributed by atoms with van der Waals surface area (Å²) in [6, 6.07) is 12.1. The van der Waals surface area contributed by atoms with Gasteiger partial charge in [-0.25, -0.2) is 4.99 Å². The summed E-state index contributed by atoms with van der Waals surface area (Å²) in [6.45, 7) is -0.378. The summed E-state index contributed by atoms with van der Waals surface area (Å²) in [4.78, 5) is 38.6. The van der Waals surface area contributed by atoms with E-state index in [-0.39, 0.29) is 29.7 Å². The van der Waals surface area contributed by atoms with Gasteiger partial charge in [-0.05, 0) is 30.3 Å². The van der Waals surface area contributed by atoms with Crippen LogP contribution in [-0.2, 0) is 9.59 Å². The van der Waals surface area contributed by atoms with Gasteiger partial charge in [0.15, 0.2) is 11.8 Å². The number of amides is 2. The van der Waals surface area contributed by atoms with Gasteiger partial charge in [0.05, 0.1) is 16.4 Å². The Kier molecular flexibility index (Phi) is 6.12. The minimum absolute atomic E-state index is 0.0849. The highest BCUT2D eigenvalue weighted by Gasteiger charge is 2.30. The second-order valence-corrected chi connectivity index (χ2v) is 6.85. The second kappa shape index (κ2) is 8.72. The van der Waals surface area contributed by atoms with E-state index in [1.807, 2.05) is 0 Å². The SMILES string of the molecule is O=C(COc1ccc([N+](=O)[O-])cc1)NN1C(=O)CSC1=Nc1cccc(Cl)c1. The summed E-state index contributed by atoms with van der Waals surface area (Å²) < 4.78 is 5.28. The van der Waals surface area contributed by atoms with Crippen LogP contribution in [0.1, 0.15) is 0 Å². The van der Waals surface area contributed by atoms with Crippen molar-refractivity contribution in [2.75, 3.05) is 12.4 Å². The number of carbonyl (C=O) groups excluding carboxylic acids is 2. The number of hydrazine groups is 1. The van der Waals surface area contributed by atoms with Crippen LogP contribution in [0, 0.1) is 10.1 Å². The summed E-state index contributed by atoms with van der Waals surface area (Å²) >= 11 is 7.11. The smallest absolute Gasteiger partial charge is 0.276 e. The van der Waals surface area contributed by atoms with Crippen LogP contribution in [-0.4, -0.2) is 39.3 Å². The summed E-state index contributed by atoms with van der Waals surface area (Å²) in [6.07, 6.45) is 0. The zero-order valence-corrected chi connectivity index (χ0v) is 15.8. The number of hydrogen-bond donors (Lipinski definition) is 1. The third kappa shape index (κ3) is 4.99. The lowest BCUT2D eigenvalue weighted by Crippen LogP contribution is -2.47. The molecule has 2 aromatic rings. The normalized spacial score (nSPS) is 15.0. The van der Waals surface area contributed by atoms with Gasteiger partial charge in [-0.2, -0.15) is 5.01 Å². The molecule has 0 aliphatic carbocycles. The van der Waals surface area contributed by atoms with Crippen LogP contribution in [0.25, 0.3) is 0 Å². The lowest BCUT2D eigenvalue weighted by molar-refractivity contribution is -0.384. The lowest BCUT2D eigenvalue weighted by Gasteiger charge is -2.17. The fourth-order valence-corrected chi connectivity index (χ4v) is 3.19. The molecular formula is C17H13ClN4O5S. The molecule has 28 heavy (non-hydrogen) atoms. The number of nitro groups is 1. The largest absolute Gasteiger partial charge is 0.484 e. The Morgan fingerprint density at radius 3 is 2.75 bits per heavy atom. The predicted molar refractivity (Wildman–Crippen MR) is 105 cm³/mol. The molecule has 144 valence electrons. The number of nitrogens with zero attached hydrogens (tertiary/aromatic N) is 3. The van der Waals surface area contributed by atoms with E-state index in [0.717, 1.165) is 5.01 Å². The highest BCUT2D eigenvalue weighted by Crippen LogP contribution is 2.24. The molecule has 2 aromatic carbocycles. The number of ether oxygens (including phenoxy) is 1. The van der Waals surface area contributed by atoms with Crippen LogP contribution in [0.4, 0.5) is 11.4 Å². The minimum Gasteiger partial charge on any atom is -0.484 e. The van der Waals surface area contributed by atoms with Crippen LogP contribution >= 0.6 is 23.4 Å². The number of nitrogens with one attached hydrogen (secondary N) is 1. The summed E-state index contributed by atoms with van der Waals surface area (Å²) in [7, 11) is 0. The molecule has 0 saturated carbocycles. The van der Waals surface area contributed by atoms with E-state index < -0.39 is 10.8 Å². The van der Waals surface area contributed by atoms with Crippen LogP contribution in [0.2, 0.25) is 5.02 Å². The number of carbonyl (C=O) groups is 2. The first-order valence-corrected chi connectivity index (χ1v) is 9.25. The summed E-state index contributed by atoms with van der Waals surface area (Å²) in [5.74, 6) is -0.471. The first-order chi connectivity index (χ1) is 13.4. The fourth-order valence-electron chi connectivity index (χ4n) is 2.18. The van der Waals surface area contributed by atoms with E-state index in [2.05, 4.69) is 10.4 Å². The van der Waals surface area contributed by atoms with E-state index in [1.165, 1.54) is 36.0 Å². The molecule has 0 unspecified atom stereocenters. The first-order valence-electron chi connectivity index (χ1n) is 7.89. The second-order valence-electron chi connectivity index (χ2n) is 5.47. The molecular weight excluding hydrogens is 408 g/mol. The van der Waals surface area contributed by atoms with E-state index in [0.29, 0.717) is 15.9 Å². The van der Waals surface area contributed by atoms with Crippen molar-refractivity contribution >= 4 is 51.7 Å². The standard InChI is InChI=1S/C17H13ClN4O5S/c18-11-2-1-3-12(8-11)19-17-21(16(24)10-28-17)20-15(23)9-27-14-6-4-13(5-7-14)22(25)26/h1-8H,9-10H2,(H,20,23). The Hall–Kier alpha value is -3.11. The molecule has 0 aromatic heterocycles. The molecule has 1 aliphatic heterocycles. The van der Waals surface area contributed by atoms with Crippen molar-refractivity contribution in [3.8, 4) is 5.75 Å². The highest BCUT2D eigenvalue weighted by molar-refractivity contribution is 8.15.